The van der Waals surface area contributed by atoms with Gasteiger partial charge in [-0.05, 0) is 17.7 Å². The van der Waals surface area contributed by atoms with E-state index in [2.05, 4.69) is 29.1 Å². The number of hydrogen-bond acceptors (Lipinski definition) is 1. The Morgan fingerprint density at radius 2 is 2.00 bits per heavy atom. The fraction of sp³-hybridized carbons (Fsp3) is 0.357. The summed E-state index contributed by atoms with van der Waals surface area (Å²) in [6.45, 7) is 7.09. The molecule has 0 fully saturated rings. The third-order valence-corrected chi connectivity index (χ3v) is 3.36. The highest BCUT2D eigenvalue weighted by molar-refractivity contribution is 6.36. The average molecular weight is 300 g/mol. The molecule has 0 heterocycles. The molecule has 1 aromatic rings. The van der Waals surface area contributed by atoms with Crippen molar-refractivity contribution >= 4 is 29.2 Å². The normalized spacial score (nSPS) is 12.9. The molecule has 0 aliphatic carbocycles. The van der Waals surface area contributed by atoms with Crippen LogP contribution in [0.15, 0.2) is 35.8 Å². The van der Waals surface area contributed by atoms with Crippen molar-refractivity contribution in [3.63, 3.8) is 0 Å². The van der Waals surface area contributed by atoms with Gasteiger partial charge >= 0.3 is 0 Å². The third-order valence-electron chi connectivity index (χ3n) is 2.71. The molecule has 0 aliphatic rings. The van der Waals surface area contributed by atoms with Crippen LogP contribution in [0.25, 0.3) is 0 Å². The summed E-state index contributed by atoms with van der Waals surface area (Å²) >= 11 is 12.4. The van der Waals surface area contributed by atoms with Crippen molar-refractivity contribution in [1.82, 2.24) is 10.6 Å². The Bertz CT molecular complexity index is 438. The Labute approximate surface area is 124 Å². The highest BCUT2D eigenvalue weighted by Gasteiger charge is 2.13. The van der Waals surface area contributed by atoms with Crippen LogP contribution in [-0.2, 0) is 0 Å². The lowest BCUT2D eigenvalue weighted by Gasteiger charge is -2.18. The first-order valence-corrected chi connectivity index (χ1v) is 6.85. The summed E-state index contributed by atoms with van der Waals surface area (Å²) in [7, 11) is 1.73. The maximum absolute atomic E-state index is 6.19. The average Bonchev–Trinajstić information content (AvgIpc) is 2.38. The van der Waals surface area contributed by atoms with Crippen LogP contribution in [0, 0.1) is 0 Å². The van der Waals surface area contributed by atoms with Crippen molar-refractivity contribution in [1.29, 1.82) is 0 Å². The molecule has 1 rings (SSSR count). The molecule has 2 N–H and O–H groups in total. The van der Waals surface area contributed by atoms with Crippen molar-refractivity contribution in [2.45, 2.75) is 12.8 Å². The molecule has 0 saturated carbocycles. The number of nitrogens with zero attached hydrogens (tertiary/aromatic N) is 1. The highest BCUT2D eigenvalue weighted by atomic mass is 35.5. The second-order valence-corrected chi connectivity index (χ2v) is 4.97. The molecule has 0 aliphatic heterocycles. The first-order chi connectivity index (χ1) is 9.10. The zero-order chi connectivity index (χ0) is 14.3. The molecular weight excluding hydrogens is 281 g/mol. The monoisotopic (exact) mass is 299 g/mol. The van der Waals surface area contributed by atoms with Gasteiger partial charge < -0.3 is 10.6 Å². The van der Waals surface area contributed by atoms with Crippen molar-refractivity contribution in [2.75, 3.05) is 20.1 Å². The summed E-state index contributed by atoms with van der Waals surface area (Å²) in [4.78, 5) is 4.12. The van der Waals surface area contributed by atoms with Crippen LogP contribution in [0.3, 0.4) is 0 Å². The number of nitrogens with one attached hydrogen (secondary N) is 2. The molecule has 0 bridgehead atoms. The van der Waals surface area contributed by atoms with Crippen LogP contribution in [0.4, 0.5) is 0 Å². The zero-order valence-electron chi connectivity index (χ0n) is 11.2. The fourth-order valence-corrected chi connectivity index (χ4v) is 2.49. The molecule has 0 aromatic heterocycles. The van der Waals surface area contributed by atoms with Gasteiger partial charge in [0.15, 0.2) is 5.96 Å². The first-order valence-electron chi connectivity index (χ1n) is 6.09. The lowest BCUT2D eigenvalue weighted by Crippen LogP contribution is -2.39. The summed E-state index contributed by atoms with van der Waals surface area (Å²) in [5.41, 5.74) is 0.956. The van der Waals surface area contributed by atoms with Gasteiger partial charge in [-0.2, -0.15) is 0 Å². The zero-order valence-corrected chi connectivity index (χ0v) is 12.7. The van der Waals surface area contributed by atoms with Gasteiger partial charge in [-0.15, -0.1) is 6.58 Å². The van der Waals surface area contributed by atoms with Crippen molar-refractivity contribution in [3.05, 3.63) is 46.5 Å². The topological polar surface area (TPSA) is 36.4 Å². The molecule has 0 radical (unpaired) electrons. The third kappa shape index (κ3) is 4.77. The molecule has 104 valence electrons. The van der Waals surface area contributed by atoms with Crippen LogP contribution in [0.5, 0.6) is 0 Å². The van der Waals surface area contributed by atoms with E-state index in [1.807, 2.05) is 18.2 Å². The van der Waals surface area contributed by atoms with E-state index in [0.29, 0.717) is 23.1 Å². The number of halogens is 2. The van der Waals surface area contributed by atoms with E-state index < -0.39 is 0 Å². The molecule has 3 nitrogen and oxygen atoms in total. The summed E-state index contributed by atoms with van der Waals surface area (Å²) in [5.74, 6) is 0.915. The summed E-state index contributed by atoms with van der Waals surface area (Å²) in [5, 5.41) is 7.72. The van der Waals surface area contributed by atoms with Gasteiger partial charge in [0.1, 0.15) is 0 Å². The van der Waals surface area contributed by atoms with Crippen LogP contribution < -0.4 is 10.6 Å². The van der Waals surface area contributed by atoms with Crippen LogP contribution >= 0.6 is 23.2 Å². The lowest BCUT2D eigenvalue weighted by molar-refractivity contribution is 0.705. The van der Waals surface area contributed by atoms with Gasteiger partial charge in [-0.3, -0.25) is 4.99 Å². The molecule has 0 spiro atoms. The Balaban J connectivity index is 2.64. The molecule has 0 saturated heterocycles. The molecular formula is C14H19Cl2N3. The first kappa shape index (κ1) is 15.9. The predicted molar refractivity (Wildman–Crippen MR) is 84.4 cm³/mol. The summed E-state index contributed by atoms with van der Waals surface area (Å²) < 4.78 is 0. The van der Waals surface area contributed by atoms with E-state index in [1.165, 1.54) is 0 Å². The Morgan fingerprint density at radius 1 is 1.37 bits per heavy atom. The van der Waals surface area contributed by atoms with Crippen molar-refractivity contribution in [2.24, 2.45) is 4.99 Å². The molecule has 19 heavy (non-hydrogen) atoms. The van der Waals surface area contributed by atoms with E-state index in [0.717, 1.165) is 11.5 Å². The van der Waals surface area contributed by atoms with Gasteiger partial charge in [0.2, 0.25) is 0 Å². The lowest BCUT2D eigenvalue weighted by atomic mass is 10.0. The van der Waals surface area contributed by atoms with E-state index in [-0.39, 0.29) is 5.92 Å². The minimum absolute atomic E-state index is 0.184. The number of hydrogen-bond donors (Lipinski definition) is 2. The molecule has 1 aromatic carbocycles. The maximum Gasteiger partial charge on any atom is 0.191 e. The molecule has 5 heteroatoms. The Hall–Kier alpha value is -1.19. The molecule has 1 atom stereocenters. The Morgan fingerprint density at radius 3 is 2.53 bits per heavy atom. The van der Waals surface area contributed by atoms with E-state index >= 15 is 0 Å². The van der Waals surface area contributed by atoms with Gasteiger partial charge in [-0.1, -0.05) is 42.3 Å². The number of guanidine groups is 1. The minimum atomic E-state index is 0.184. The Kier molecular flexibility index (Phi) is 6.74. The number of aliphatic imine (C=N–C) groups is 1. The van der Waals surface area contributed by atoms with Gasteiger partial charge in [0.25, 0.3) is 0 Å². The SMILES string of the molecule is C=CCNC(=NC)NCC(C)c1c(Cl)cccc1Cl. The molecule has 0 amide bonds. The van der Waals surface area contributed by atoms with Gasteiger partial charge in [-0.25, -0.2) is 0 Å². The largest absolute Gasteiger partial charge is 0.356 e. The summed E-state index contributed by atoms with van der Waals surface area (Å²) in [6, 6.07) is 5.55. The van der Waals surface area contributed by atoms with Crippen molar-refractivity contribution < 1.29 is 0 Å². The number of benzene rings is 1. The smallest absolute Gasteiger partial charge is 0.191 e. The van der Waals surface area contributed by atoms with Crippen molar-refractivity contribution in [3.8, 4) is 0 Å². The highest BCUT2D eigenvalue weighted by Crippen LogP contribution is 2.30. The van der Waals surface area contributed by atoms with Crippen LogP contribution in [0.1, 0.15) is 18.4 Å². The van der Waals surface area contributed by atoms with Crippen LogP contribution in [-0.4, -0.2) is 26.1 Å². The van der Waals surface area contributed by atoms with Crippen LogP contribution in [0.2, 0.25) is 10.0 Å². The van der Waals surface area contributed by atoms with Gasteiger partial charge in [0, 0.05) is 36.1 Å². The number of rotatable bonds is 5. The second kappa shape index (κ2) is 8.08. The van der Waals surface area contributed by atoms with E-state index in [4.69, 9.17) is 23.2 Å². The van der Waals surface area contributed by atoms with Gasteiger partial charge in [0.05, 0.1) is 0 Å². The second-order valence-electron chi connectivity index (χ2n) is 4.16. The quantitative estimate of drug-likeness (QED) is 0.496. The summed E-state index contributed by atoms with van der Waals surface area (Å²) in [6.07, 6.45) is 1.78. The molecule has 1 unspecified atom stereocenters. The van der Waals surface area contributed by atoms with E-state index in [1.54, 1.807) is 13.1 Å². The predicted octanol–water partition coefficient (Wildman–Crippen LogP) is 3.45. The maximum atomic E-state index is 6.19. The fourth-order valence-electron chi connectivity index (χ4n) is 1.72. The minimum Gasteiger partial charge on any atom is -0.356 e. The standard InChI is InChI=1S/C14H19Cl2N3/c1-4-8-18-14(17-3)19-9-10(2)13-11(15)6-5-7-12(13)16/h4-7,10H,1,8-9H2,2-3H3,(H2,17,18,19). The van der Waals surface area contributed by atoms with E-state index in [9.17, 15) is 0 Å².